The second kappa shape index (κ2) is 4.98. The van der Waals surface area contributed by atoms with Gasteiger partial charge < -0.3 is 10.2 Å². The second-order valence-electron chi connectivity index (χ2n) is 5.74. The van der Waals surface area contributed by atoms with Crippen LogP contribution in [0.15, 0.2) is 24.4 Å². The van der Waals surface area contributed by atoms with Gasteiger partial charge in [-0.3, -0.25) is 14.0 Å². The third-order valence-electron chi connectivity index (χ3n) is 4.55. The molecule has 0 aromatic carbocycles. The van der Waals surface area contributed by atoms with Crippen molar-refractivity contribution in [3.05, 3.63) is 35.2 Å². The molecule has 2 amide bonds. The van der Waals surface area contributed by atoms with Gasteiger partial charge in [0.05, 0.1) is 12.0 Å². The van der Waals surface area contributed by atoms with Crippen LogP contribution in [0, 0.1) is 5.92 Å². The maximum atomic E-state index is 13.0. The first-order valence-corrected chi connectivity index (χ1v) is 7.76. The highest BCUT2D eigenvalue weighted by molar-refractivity contribution is 6.32. The van der Waals surface area contributed by atoms with Gasteiger partial charge >= 0.3 is 0 Å². The highest BCUT2D eigenvalue weighted by Gasteiger charge is 2.43. The van der Waals surface area contributed by atoms with Gasteiger partial charge in [-0.2, -0.15) is 0 Å². The first kappa shape index (κ1) is 13.6. The van der Waals surface area contributed by atoms with Gasteiger partial charge in [0.1, 0.15) is 5.65 Å². The SMILES string of the molecule is O=C1NC[C@@H]2[C@H]1CCCN2C(=O)c1c(Cl)nc2ccccn12. The normalized spacial score (nSPS) is 24.4. The first-order chi connectivity index (χ1) is 10.7. The smallest absolute Gasteiger partial charge is 0.274 e. The number of nitrogens with one attached hydrogen (secondary N) is 1. The Morgan fingerprint density at radius 1 is 1.41 bits per heavy atom. The maximum Gasteiger partial charge on any atom is 0.274 e. The molecule has 2 saturated heterocycles. The third-order valence-corrected chi connectivity index (χ3v) is 4.82. The number of amides is 2. The van der Waals surface area contributed by atoms with Crippen LogP contribution in [0.3, 0.4) is 0 Å². The monoisotopic (exact) mass is 318 g/mol. The minimum atomic E-state index is -0.157. The fourth-order valence-corrected chi connectivity index (χ4v) is 3.76. The number of likely N-dealkylation sites (tertiary alicyclic amines) is 1. The molecule has 2 aromatic rings. The average molecular weight is 319 g/mol. The van der Waals surface area contributed by atoms with E-state index in [1.54, 1.807) is 15.5 Å². The molecule has 1 N–H and O–H groups in total. The lowest BCUT2D eigenvalue weighted by molar-refractivity contribution is -0.123. The lowest BCUT2D eigenvalue weighted by Gasteiger charge is -2.35. The number of hydrogen-bond donors (Lipinski definition) is 1. The summed E-state index contributed by atoms with van der Waals surface area (Å²) in [7, 11) is 0. The summed E-state index contributed by atoms with van der Waals surface area (Å²) in [6.45, 7) is 1.16. The third kappa shape index (κ3) is 1.90. The summed E-state index contributed by atoms with van der Waals surface area (Å²) in [6.07, 6.45) is 3.44. The number of halogens is 1. The van der Waals surface area contributed by atoms with E-state index in [1.165, 1.54) is 0 Å². The Bertz CT molecular complexity index is 772. The molecule has 0 bridgehead atoms. The zero-order valence-corrected chi connectivity index (χ0v) is 12.6. The van der Waals surface area contributed by atoms with Crippen LogP contribution < -0.4 is 5.32 Å². The first-order valence-electron chi connectivity index (χ1n) is 7.38. The highest BCUT2D eigenvalue weighted by Crippen LogP contribution is 2.30. The molecular weight excluding hydrogens is 304 g/mol. The summed E-state index contributed by atoms with van der Waals surface area (Å²) in [5.74, 6) is -0.211. The fourth-order valence-electron chi connectivity index (χ4n) is 3.50. The minimum absolute atomic E-state index is 0.0479. The maximum absolute atomic E-state index is 13.0. The van der Waals surface area contributed by atoms with Gasteiger partial charge in [0.25, 0.3) is 5.91 Å². The molecule has 0 radical (unpaired) electrons. The molecular formula is C15H15ClN4O2. The Morgan fingerprint density at radius 3 is 3.14 bits per heavy atom. The van der Waals surface area contributed by atoms with E-state index in [1.807, 2.05) is 18.2 Å². The number of piperidine rings is 1. The van der Waals surface area contributed by atoms with Crippen LogP contribution in [0.2, 0.25) is 5.15 Å². The average Bonchev–Trinajstić information content (AvgIpc) is 3.06. The second-order valence-corrected chi connectivity index (χ2v) is 6.10. The molecule has 2 aliphatic rings. The molecule has 0 aliphatic carbocycles. The van der Waals surface area contributed by atoms with Gasteiger partial charge in [-0.25, -0.2) is 4.98 Å². The van der Waals surface area contributed by atoms with Gasteiger partial charge in [0, 0.05) is 19.3 Å². The van der Waals surface area contributed by atoms with Crippen LogP contribution in [-0.2, 0) is 4.79 Å². The number of carbonyl (C=O) groups excluding carboxylic acids is 2. The number of nitrogens with zero attached hydrogens (tertiary/aromatic N) is 3. The largest absolute Gasteiger partial charge is 0.354 e. The number of rotatable bonds is 1. The minimum Gasteiger partial charge on any atom is -0.354 e. The van der Waals surface area contributed by atoms with Gasteiger partial charge in [-0.05, 0) is 25.0 Å². The number of aromatic nitrogens is 2. The highest BCUT2D eigenvalue weighted by atomic mass is 35.5. The molecule has 7 heteroatoms. The van der Waals surface area contributed by atoms with Crippen LogP contribution >= 0.6 is 11.6 Å². The van der Waals surface area contributed by atoms with Crippen LogP contribution in [-0.4, -0.2) is 45.2 Å². The molecule has 0 spiro atoms. The molecule has 2 atom stereocenters. The van der Waals surface area contributed by atoms with E-state index < -0.39 is 0 Å². The van der Waals surface area contributed by atoms with E-state index >= 15 is 0 Å². The van der Waals surface area contributed by atoms with Gasteiger partial charge in [-0.1, -0.05) is 17.7 Å². The number of pyridine rings is 1. The van der Waals surface area contributed by atoms with Crippen molar-refractivity contribution in [2.75, 3.05) is 13.1 Å². The van der Waals surface area contributed by atoms with Crippen molar-refractivity contribution in [2.45, 2.75) is 18.9 Å². The lowest BCUT2D eigenvalue weighted by Crippen LogP contribution is -2.49. The standard InChI is InChI=1S/C15H15ClN4O2/c16-13-12(20-6-2-1-5-11(20)18-13)15(22)19-7-3-4-9-10(19)8-17-14(9)21/h1-2,5-6,9-10H,3-4,7-8H2,(H,17,21)/t9-,10-/m1/s1. The molecule has 4 rings (SSSR count). The van der Waals surface area contributed by atoms with Crippen molar-refractivity contribution in [1.29, 1.82) is 0 Å². The van der Waals surface area contributed by atoms with Crippen molar-refractivity contribution in [2.24, 2.45) is 5.92 Å². The van der Waals surface area contributed by atoms with E-state index in [-0.39, 0.29) is 28.9 Å². The molecule has 22 heavy (non-hydrogen) atoms. The quantitative estimate of drug-likeness (QED) is 0.863. The molecule has 4 heterocycles. The lowest BCUT2D eigenvalue weighted by atomic mass is 9.91. The number of carbonyl (C=O) groups is 2. The number of hydrogen-bond acceptors (Lipinski definition) is 3. The van der Waals surface area contributed by atoms with Crippen LogP contribution in [0.5, 0.6) is 0 Å². The molecule has 0 saturated carbocycles. The molecule has 6 nitrogen and oxygen atoms in total. The van der Waals surface area contributed by atoms with Crippen molar-refractivity contribution in [3.63, 3.8) is 0 Å². The van der Waals surface area contributed by atoms with E-state index in [0.717, 1.165) is 12.8 Å². The summed E-state index contributed by atoms with van der Waals surface area (Å²) in [4.78, 5) is 30.8. The van der Waals surface area contributed by atoms with E-state index in [4.69, 9.17) is 11.6 Å². The summed E-state index contributed by atoms with van der Waals surface area (Å²) in [5, 5.41) is 3.06. The van der Waals surface area contributed by atoms with E-state index in [0.29, 0.717) is 24.4 Å². The summed E-state index contributed by atoms with van der Waals surface area (Å²) >= 11 is 6.19. The summed E-state index contributed by atoms with van der Waals surface area (Å²) < 4.78 is 1.71. The summed E-state index contributed by atoms with van der Waals surface area (Å²) in [5.41, 5.74) is 1.02. The Kier molecular flexibility index (Phi) is 3.07. The van der Waals surface area contributed by atoms with Gasteiger partial charge in [0.2, 0.25) is 5.91 Å². The Hall–Kier alpha value is -2.08. The zero-order valence-electron chi connectivity index (χ0n) is 11.8. The predicted molar refractivity (Wildman–Crippen MR) is 80.8 cm³/mol. The van der Waals surface area contributed by atoms with Crippen LogP contribution in [0.1, 0.15) is 23.3 Å². The topological polar surface area (TPSA) is 66.7 Å². The molecule has 114 valence electrons. The fraction of sp³-hybridized carbons (Fsp3) is 0.400. The Morgan fingerprint density at radius 2 is 2.27 bits per heavy atom. The van der Waals surface area contributed by atoms with Crippen LogP contribution in [0.25, 0.3) is 5.65 Å². The van der Waals surface area contributed by atoms with Crippen molar-refractivity contribution in [1.82, 2.24) is 19.6 Å². The summed E-state index contributed by atoms with van der Waals surface area (Å²) in [6, 6.07) is 5.41. The van der Waals surface area contributed by atoms with Crippen molar-refractivity contribution >= 4 is 29.1 Å². The number of imidazole rings is 1. The van der Waals surface area contributed by atoms with Crippen molar-refractivity contribution < 1.29 is 9.59 Å². The molecule has 2 fully saturated rings. The zero-order chi connectivity index (χ0) is 15.3. The van der Waals surface area contributed by atoms with Gasteiger partial charge in [-0.15, -0.1) is 0 Å². The Labute approximate surface area is 132 Å². The molecule has 0 unspecified atom stereocenters. The predicted octanol–water partition coefficient (Wildman–Crippen LogP) is 1.34. The van der Waals surface area contributed by atoms with Crippen LogP contribution in [0.4, 0.5) is 0 Å². The Balaban J connectivity index is 1.74. The van der Waals surface area contributed by atoms with E-state index in [9.17, 15) is 9.59 Å². The van der Waals surface area contributed by atoms with Gasteiger partial charge in [0.15, 0.2) is 10.8 Å². The van der Waals surface area contributed by atoms with E-state index in [2.05, 4.69) is 10.3 Å². The molecule has 2 aliphatic heterocycles. The molecule has 2 aromatic heterocycles. The number of fused-ring (bicyclic) bond motifs is 2. The van der Waals surface area contributed by atoms with Crippen molar-refractivity contribution in [3.8, 4) is 0 Å².